The van der Waals surface area contributed by atoms with Gasteiger partial charge in [-0.25, -0.2) is 8.78 Å². The molecule has 2 aromatic rings. The Morgan fingerprint density at radius 1 is 1.18 bits per heavy atom. The molecule has 1 amide bonds. The predicted octanol–water partition coefficient (Wildman–Crippen LogP) is 6.14. The number of aliphatic hydroxyl groups is 1. The van der Waals surface area contributed by atoms with Gasteiger partial charge in [0.2, 0.25) is 5.91 Å². The summed E-state index contributed by atoms with van der Waals surface area (Å²) in [6.07, 6.45) is 4.65. The van der Waals surface area contributed by atoms with Crippen LogP contribution in [-0.2, 0) is 25.5 Å². The number of aliphatic hydroxyl groups excluding tert-OH is 1. The lowest BCUT2D eigenvalue weighted by molar-refractivity contribution is -0.156. The first-order chi connectivity index (χ1) is 19.0. The lowest BCUT2D eigenvalue weighted by Gasteiger charge is -2.39. The molecule has 8 heteroatoms. The maximum Gasteiger partial charge on any atom is 0.309 e. The number of hydrogen-bond acceptors (Lipinski definition) is 5. The Hall–Kier alpha value is -3.36. The van der Waals surface area contributed by atoms with Gasteiger partial charge in [-0.1, -0.05) is 32.9 Å². The van der Waals surface area contributed by atoms with E-state index in [1.807, 2.05) is 25.1 Å². The fraction of sp³-hybridized carbons (Fsp3) is 0.438. The Morgan fingerprint density at radius 3 is 2.62 bits per heavy atom. The molecule has 1 aliphatic heterocycles. The number of esters is 1. The first-order valence-electron chi connectivity index (χ1n) is 13.8. The van der Waals surface area contributed by atoms with Gasteiger partial charge in [-0.05, 0) is 89.4 Å². The second kappa shape index (κ2) is 12.9. The van der Waals surface area contributed by atoms with E-state index in [4.69, 9.17) is 9.47 Å². The third-order valence-electron chi connectivity index (χ3n) is 7.48. The van der Waals surface area contributed by atoms with Crippen molar-refractivity contribution in [2.75, 3.05) is 11.9 Å². The summed E-state index contributed by atoms with van der Waals surface area (Å²) in [5.74, 6) is -1.27. The Morgan fingerprint density at radius 2 is 1.93 bits per heavy atom. The molecule has 1 aliphatic carbocycles. The van der Waals surface area contributed by atoms with Crippen LogP contribution in [0.15, 0.2) is 60.2 Å². The number of carbonyl (C=O) groups excluding carboxylic acids is 2. The van der Waals surface area contributed by atoms with Crippen LogP contribution in [0.3, 0.4) is 0 Å². The zero-order chi connectivity index (χ0) is 28.9. The first kappa shape index (κ1) is 29.6. The van der Waals surface area contributed by atoms with Crippen LogP contribution >= 0.6 is 0 Å². The van der Waals surface area contributed by atoms with Crippen molar-refractivity contribution in [3.05, 3.63) is 83.0 Å². The summed E-state index contributed by atoms with van der Waals surface area (Å²) in [6.45, 7) is 6.34. The maximum absolute atomic E-state index is 14.4. The Labute approximate surface area is 234 Å². The number of nitrogens with one attached hydrogen (secondary N) is 1. The number of cyclic esters (lactones) is 1. The Kier molecular flexibility index (Phi) is 9.53. The molecule has 3 atom stereocenters. The minimum Gasteiger partial charge on any atom is -0.458 e. The number of hydrogen-bond donors (Lipinski definition) is 2. The zero-order valence-corrected chi connectivity index (χ0v) is 23.2. The highest BCUT2D eigenvalue weighted by atomic mass is 19.1. The zero-order valence-electron chi connectivity index (χ0n) is 23.2. The highest BCUT2D eigenvalue weighted by Crippen LogP contribution is 2.46. The SMILES string of the molecule is CCc1cc(C2=C(C=C[C@@H]3C[C@@H](O)CC(=O)O3)C(C)(C)CC(OCCC(=O)Nc3ccc(F)cc3)C2)ccc1F. The van der Waals surface area contributed by atoms with Crippen LogP contribution in [0.5, 0.6) is 0 Å². The van der Waals surface area contributed by atoms with Gasteiger partial charge in [0.1, 0.15) is 17.7 Å². The third kappa shape index (κ3) is 7.64. The average Bonchev–Trinajstić information content (AvgIpc) is 2.88. The standard InChI is InChI=1S/C32H37F2NO5/c1-4-20-15-21(5-12-29(20)34)27-18-26(39-14-13-30(37)35-23-8-6-22(33)7-9-23)19-32(2,3)28(27)11-10-25-16-24(36)17-31(38)40-25/h5-12,15,24-26,36H,4,13-14,16-19H2,1-3H3,(H,35,37)/t24-,25-,26?/m1/s1. The molecule has 0 radical (unpaired) electrons. The van der Waals surface area contributed by atoms with Crippen molar-refractivity contribution in [2.24, 2.45) is 5.41 Å². The lowest BCUT2D eigenvalue weighted by Crippen LogP contribution is -2.32. The normalized spacial score (nSPS) is 22.9. The van der Waals surface area contributed by atoms with E-state index in [0.717, 1.165) is 16.7 Å². The number of halogens is 2. The van der Waals surface area contributed by atoms with E-state index in [9.17, 15) is 23.5 Å². The van der Waals surface area contributed by atoms with Crippen molar-refractivity contribution in [1.29, 1.82) is 0 Å². The van der Waals surface area contributed by atoms with Gasteiger partial charge < -0.3 is 19.9 Å². The molecule has 4 rings (SSSR count). The van der Waals surface area contributed by atoms with Gasteiger partial charge in [-0.3, -0.25) is 9.59 Å². The fourth-order valence-electron chi connectivity index (χ4n) is 5.45. The fourth-order valence-corrected chi connectivity index (χ4v) is 5.45. The van der Waals surface area contributed by atoms with Crippen molar-refractivity contribution in [3.63, 3.8) is 0 Å². The molecular formula is C32H37F2NO5. The number of ether oxygens (including phenoxy) is 2. The molecule has 40 heavy (non-hydrogen) atoms. The monoisotopic (exact) mass is 553 g/mol. The van der Waals surface area contributed by atoms with Gasteiger partial charge in [-0.2, -0.15) is 0 Å². The van der Waals surface area contributed by atoms with Crippen LogP contribution < -0.4 is 5.32 Å². The number of benzene rings is 2. The van der Waals surface area contributed by atoms with Crippen LogP contribution in [0.4, 0.5) is 14.5 Å². The Bertz CT molecular complexity index is 1280. The summed E-state index contributed by atoms with van der Waals surface area (Å²) in [6, 6.07) is 10.7. The van der Waals surface area contributed by atoms with Gasteiger partial charge in [0.05, 0.1) is 31.7 Å². The molecule has 0 bridgehead atoms. The number of rotatable bonds is 9. The minimum absolute atomic E-state index is 0.0000939. The van der Waals surface area contributed by atoms with E-state index in [-0.39, 0.29) is 48.5 Å². The van der Waals surface area contributed by atoms with Crippen LogP contribution in [0, 0.1) is 17.0 Å². The molecular weight excluding hydrogens is 516 g/mol. The quantitative estimate of drug-likeness (QED) is 0.365. The highest BCUT2D eigenvalue weighted by Gasteiger charge is 2.35. The summed E-state index contributed by atoms with van der Waals surface area (Å²) in [5, 5.41) is 12.8. The average molecular weight is 554 g/mol. The van der Waals surface area contributed by atoms with E-state index in [0.29, 0.717) is 36.9 Å². The summed E-state index contributed by atoms with van der Waals surface area (Å²) in [7, 11) is 0. The molecule has 0 aromatic heterocycles. The molecule has 0 saturated carbocycles. The number of carbonyl (C=O) groups is 2. The van der Waals surface area contributed by atoms with Gasteiger partial charge >= 0.3 is 5.97 Å². The van der Waals surface area contributed by atoms with Crippen LogP contribution in [0.2, 0.25) is 0 Å². The van der Waals surface area contributed by atoms with Crippen molar-refractivity contribution in [3.8, 4) is 0 Å². The Balaban J connectivity index is 1.52. The summed E-state index contributed by atoms with van der Waals surface area (Å²) >= 11 is 0. The molecule has 2 N–H and O–H groups in total. The van der Waals surface area contributed by atoms with E-state index >= 15 is 0 Å². The van der Waals surface area contributed by atoms with Crippen LogP contribution in [-0.4, -0.2) is 41.9 Å². The molecule has 1 saturated heterocycles. The van der Waals surface area contributed by atoms with Crippen molar-refractivity contribution in [2.45, 2.75) is 77.6 Å². The predicted molar refractivity (Wildman–Crippen MR) is 149 cm³/mol. The van der Waals surface area contributed by atoms with Gasteiger partial charge in [0.25, 0.3) is 0 Å². The number of allylic oxidation sites excluding steroid dienone is 2. The van der Waals surface area contributed by atoms with Crippen molar-refractivity contribution in [1.82, 2.24) is 0 Å². The molecule has 2 aromatic carbocycles. The topological polar surface area (TPSA) is 84.9 Å². The van der Waals surface area contributed by atoms with Crippen molar-refractivity contribution >= 4 is 23.1 Å². The molecule has 214 valence electrons. The lowest BCUT2D eigenvalue weighted by atomic mass is 9.69. The maximum atomic E-state index is 14.4. The summed E-state index contributed by atoms with van der Waals surface area (Å²) < 4.78 is 39.1. The molecule has 0 spiro atoms. The molecule has 1 unspecified atom stereocenters. The van der Waals surface area contributed by atoms with Gasteiger partial charge in [0, 0.05) is 12.1 Å². The third-order valence-corrected chi connectivity index (χ3v) is 7.48. The largest absolute Gasteiger partial charge is 0.458 e. The van der Waals surface area contributed by atoms with Crippen LogP contribution in [0.25, 0.3) is 5.57 Å². The molecule has 6 nitrogen and oxygen atoms in total. The summed E-state index contributed by atoms with van der Waals surface area (Å²) in [4.78, 5) is 24.2. The van der Waals surface area contributed by atoms with E-state index < -0.39 is 18.2 Å². The summed E-state index contributed by atoms with van der Waals surface area (Å²) in [5.41, 5.74) is 3.73. The van der Waals surface area contributed by atoms with Crippen molar-refractivity contribution < 1.29 is 33.0 Å². The second-order valence-corrected chi connectivity index (χ2v) is 11.1. The first-order valence-corrected chi connectivity index (χ1v) is 13.8. The van der Waals surface area contributed by atoms with Gasteiger partial charge in [0.15, 0.2) is 0 Å². The van der Waals surface area contributed by atoms with E-state index in [2.05, 4.69) is 19.2 Å². The number of anilines is 1. The number of amides is 1. The second-order valence-electron chi connectivity index (χ2n) is 11.1. The van der Waals surface area contributed by atoms with Crippen LogP contribution in [0.1, 0.15) is 64.0 Å². The van der Waals surface area contributed by atoms with Gasteiger partial charge in [-0.15, -0.1) is 0 Å². The van der Waals surface area contributed by atoms with E-state index in [1.165, 1.54) is 30.3 Å². The number of aryl methyl sites for hydroxylation is 1. The van der Waals surface area contributed by atoms with E-state index in [1.54, 1.807) is 6.07 Å². The minimum atomic E-state index is -0.731. The smallest absolute Gasteiger partial charge is 0.309 e. The molecule has 1 heterocycles. The highest BCUT2D eigenvalue weighted by molar-refractivity contribution is 5.90. The molecule has 2 aliphatic rings. The molecule has 1 fully saturated rings.